The highest BCUT2D eigenvalue weighted by Crippen LogP contribution is 2.41. The van der Waals surface area contributed by atoms with Crippen LogP contribution in [0.5, 0.6) is 11.5 Å². The number of hydrogen-bond donors (Lipinski definition) is 2. The molecule has 104 valence electrons. The van der Waals surface area contributed by atoms with Crippen molar-refractivity contribution in [2.45, 2.75) is 45.1 Å². The van der Waals surface area contributed by atoms with Gasteiger partial charge in [0, 0.05) is 11.6 Å². The molecule has 1 fully saturated rings. The van der Waals surface area contributed by atoms with E-state index in [1.54, 1.807) is 6.07 Å². The third-order valence-corrected chi connectivity index (χ3v) is 4.80. The summed E-state index contributed by atoms with van der Waals surface area (Å²) in [5, 5.41) is 19.7. The Morgan fingerprint density at radius 3 is 2.89 bits per heavy atom. The minimum absolute atomic E-state index is 0.0263. The molecule has 3 rings (SSSR count). The predicted octanol–water partition coefficient (Wildman–Crippen LogP) is 2.69. The summed E-state index contributed by atoms with van der Waals surface area (Å²) in [6.07, 6.45) is 5.65. The Kier molecular flexibility index (Phi) is 3.40. The van der Waals surface area contributed by atoms with Crippen LogP contribution in [0.1, 0.15) is 37.3 Å². The van der Waals surface area contributed by atoms with Gasteiger partial charge >= 0.3 is 0 Å². The quantitative estimate of drug-likeness (QED) is 0.804. The number of aromatic hydroxyl groups is 2. The topological polar surface area (TPSA) is 43.7 Å². The second-order valence-electron chi connectivity index (χ2n) is 5.98. The minimum Gasteiger partial charge on any atom is -0.504 e. The van der Waals surface area contributed by atoms with Crippen molar-refractivity contribution in [2.75, 3.05) is 13.1 Å². The molecule has 1 saturated heterocycles. The zero-order valence-corrected chi connectivity index (χ0v) is 11.6. The van der Waals surface area contributed by atoms with Crippen LogP contribution < -0.4 is 0 Å². The molecular weight excluding hydrogens is 238 g/mol. The molecular formula is C16H23NO2. The molecule has 1 aliphatic carbocycles. The Balaban J connectivity index is 1.90. The molecule has 0 radical (unpaired) electrons. The van der Waals surface area contributed by atoms with Crippen molar-refractivity contribution in [3.8, 4) is 11.5 Å². The first-order valence-electron chi connectivity index (χ1n) is 7.47. The van der Waals surface area contributed by atoms with Crippen LogP contribution in [-0.4, -0.2) is 34.2 Å². The number of piperidine rings is 1. The number of rotatable bonds is 2. The van der Waals surface area contributed by atoms with Gasteiger partial charge in [0.15, 0.2) is 11.5 Å². The molecule has 1 unspecified atom stereocenters. The second kappa shape index (κ2) is 5.04. The lowest BCUT2D eigenvalue weighted by molar-refractivity contribution is 0.0848. The molecule has 0 bridgehead atoms. The fraction of sp³-hybridized carbons (Fsp3) is 0.625. The van der Waals surface area contributed by atoms with Crippen LogP contribution in [0.3, 0.4) is 0 Å². The van der Waals surface area contributed by atoms with Crippen molar-refractivity contribution in [2.24, 2.45) is 5.92 Å². The largest absolute Gasteiger partial charge is 0.504 e. The number of hydrogen-bond acceptors (Lipinski definition) is 3. The van der Waals surface area contributed by atoms with Crippen LogP contribution in [-0.2, 0) is 12.8 Å². The zero-order chi connectivity index (χ0) is 13.4. The maximum atomic E-state index is 10.0. The van der Waals surface area contributed by atoms with Gasteiger partial charge in [-0.1, -0.05) is 13.0 Å². The average Bonchev–Trinajstić information content (AvgIpc) is 2.42. The molecule has 0 saturated carbocycles. The van der Waals surface area contributed by atoms with E-state index in [0.717, 1.165) is 18.4 Å². The molecule has 1 heterocycles. The molecule has 0 aromatic heterocycles. The molecule has 3 nitrogen and oxygen atoms in total. The van der Waals surface area contributed by atoms with Gasteiger partial charge in [0.25, 0.3) is 0 Å². The summed E-state index contributed by atoms with van der Waals surface area (Å²) in [6, 6.07) is 4.24. The molecule has 1 aromatic rings. The third-order valence-electron chi connectivity index (χ3n) is 4.80. The van der Waals surface area contributed by atoms with Crippen molar-refractivity contribution >= 4 is 0 Å². The first-order chi connectivity index (χ1) is 9.20. The van der Waals surface area contributed by atoms with E-state index in [-0.39, 0.29) is 11.5 Å². The minimum atomic E-state index is 0.0263. The Bertz CT molecular complexity index is 470. The smallest absolute Gasteiger partial charge is 0.160 e. The van der Waals surface area contributed by atoms with Crippen LogP contribution in [0.25, 0.3) is 0 Å². The third kappa shape index (κ3) is 2.20. The molecule has 19 heavy (non-hydrogen) atoms. The van der Waals surface area contributed by atoms with Crippen LogP contribution in [0.15, 0.2) is 12.1 Å². The van der Waals surface area contributed by atoms with Gasteiger partial charge in [-0.15, -0.1) is 0 Å². The van der Waals surface area contributed by atoms with Crippen molar-refractivity contribution < 1.29 is 10.2 Å². The summed E-state index contributed by atoms with van der Waals surface area (Å²) < 4.78 is 0. The fourth-order valence-corrected chi connectivity index (χ4v) is 3.88. The summed E-state index contributed by atoms with van der Waals surface area (Å²) in [6.45, 7) is 4.64. The number of phenols is 2. The first kappa shape index (κ1) is 12.8. The standard InChI is InChI=1S/C16H23NO2/c1-2-7-17-8-3-4-12-9-13-11(10-14(12)17)5-6-15(18)16(13)19/h5-6,12,14,18-19H,2-4,7-10H2,1H3/t12?,14-/m0/s1. The molecule has 1 aromatic carbocycles. The van der Waals surface area contributed by atoms with Crippen LogP contribution in [0.2, 0.25) is 0 Å². The number of phenolic OH excluding ortho intramolecular Hbond substituents is 2. The van der Waals surface area contributed by atoms with Gasteiger partial charge < -0.3 is 10.2 Å². The van der Waals surface area contributed by atoms with Crippen LogP contribution >= 0.6 is 0 Å². The number of likely N-dealkylation sites (tertiary alicyclic amines) is 1. The van der Waals surface area contributed by atoms with Gasteiger partial charge in [0.2, 0.25) is 0 Å². The van der Waals surface area contributed by atoms with E-state index in [1.165, 1.54) is 37.9 Å². The van der Waals surface area contributed by atoms with Gasteiger partial charge in [-0.2, -0.15) is 0 Å². The maximum Gasteiger partial charge on any atom is 0.160 e. The lowest BCUT2D eigenvalue weighted by Gasteiger charge is -2.44. The summed E-state index contributed by atoms with van der Waals surface area (Å²) in [7, 11) is 0. The van der Waals surface area contributed by atoms with Gasteiger partial charge in [-0.3, -0.25) is 4.90 Å². The van der Waals surface area contributed by atoms with E-state index in [2.05, 4.69) is 11.8 Å². The lowest BCUT2D eigenvalue weighted by Crippen LogP contribution is -2.49. The zero-order valence-electron chi connectivity index (χ0n) is 11.6. The van der Waals surface area contributed by atoms with E-state index >= 15 is 0 Å². The normalized spacial score (nSPS) is 26.8. The summed E-state index contributed by atoms with van der Waals surface area (Å²) in [5.74, 6) is 0.780. The van der Waals surface area contributed by atoms with Gasteiger partial charge in [0.1, 0.15) is 0 Å². The van der Waals surface area contributed by atoms with Crippen LogP contribution in [0, 0.1) is 5.92 Å². The van der Waals surface area contributed by atoms with E-state index in [1.807, 2.05) is 6.07 Å². The van der Waals surface area contributed by atoms with Gasteiger partial charge in [0.05, 0.1) is 0 Å². The van der Waals surface area contributed by atoms with Crippen molar-refractivity contribution in [1.82, 2.24) is 4.90 Å². The molecule has 2 aliphatic rings. The average molecular weight is 261 g/mol. The fourth-order valence-electron chi connectivity index (χ4n) is 3.88. The summed E-state index contributed by atoms with van der Waals surface area (Å²) in [4.78, 5) is 2.63. The lowest BCUT2D eigenvalue weighted by atomic mass is 9.75. The Morgan fingerprint density at radius 1 is 1.26 bits per heavy atom. The van der Waals surface area contributed by atoms with Crippen LogP contribution in [0.4, 0.5) is 0 Å². The summed E-state index contributed by atoms with van der Waals surface area (Å²) in [5.41, 5.74) is 2.21. The van der Waals surface area contributed by atoms with Crippen molar-refractivity contribution in [3.05, 3.63) is 23.3 Å². The number of nitrogens with zero attached hydrogens (tertiary/aromatic N) is 1. The molecule has 3 heteroatoms. The predicted molar refractivity (Wildman–Crippen MR) is 75.6 cm³/mol. The Hall–Kier alpha value is -1.22. The first-order valence-corrected chi connectivity index (χ1v) is 7.47. The SMILES string of the molecule is CCCN1CCCC2Cc3c(ccc(O)c3O)C[C@@H]21. The summed E-state index contributed by atoms with van der Waals surface area (Å²) >= 11 is 0. The number of fused-ring (bicyclic) bond motifs is 2. The Labute approximate surface area is 114 Å². The molecule has 1 aliphatic heterocycles. The highest BCUT2D eigenvalue weighted by atomic mass is 16.3. The van der Waals surface area contributed by atoms with E-state index in [9.17, 15) is 10.2 Å². The Morgan fingerprint density at radius 2 is 2.11 bits per heavy atom. The molecule has 0 amide bonds. The number of benzene rings is 1. The monoisotopic (exact) mass is 261 g/mol. The van der Waals surface area contributed by atoms with E-state index in [4.69, 9.17) is 0 Å². The molecule has 0 spiro atoms. The van der Waals surface area contributed by atoms with Crippen molar-refractivity contribution in [1.29, 1.82) is 0 Å². The molecule has 2 N–H and O–H groups in total. The van der Waals surface area contributed by atoms with E-state index in [0.29, 0.717) is 12.0 Å². The van der Waals surface area contributed by atoms with Gasteiger partial charge in [-0.05, 0) is 62.7 Å². The van der Waals surface area contributed by atoms with Crippen molar-refractivity contribution in [3.63, 3.8) is 0 Å². The maximum absolute atomic E-state index is 10.0. The highest BCUT2D eigenvalue weighted by molar-refractivity contribution is 5.50. The van der Waals surface area contributed by atoms with E-state index < -0.39 is 0 Å². The van der Waals surface area contributed by atoms with Gasteiger partial charge in [-0.25, -0.2) is 0 Å². The second-order valence-corrected chi connectivity index (χ2v) is 5.98. The molecule has 2 atom stereocenters. The highest BCUT2D eigenvalue weighted by Gasteiger charge is 2.36.